The lowest BCUT2D eigenvalue weighted by Crippen LogP contribution is -2.31. The summed E-state index contributed by atoms with van der Waals surface area (Å²) in [5.74, 6) is -0.391. The predicted octanol–water partition coefficient (Wildman–Crippen LogP) is 4.04. The van der Waals surface area contributed by atoms with Gasteiger partial charge in [-0.3, -0.25) is 4.79 Å². The molecule has 0 unspecified atom stereocenters. The van der Waals surface area contributed by atoms with Crippen molar-refractivity contribution in [1.29, 1.82) is 0 Å². The molecule has 0 spiro atoms. The number of hydrogen-bond acceptors (Lipinski definition) is 4. The van der Waals surface area contributed by atoms with Crippen LogP contribution < -0.4 is 10.1 Å². The molecular weight excluding hydrogens is 365 g/mol. The van der Waals surface area contributed by atoms with Crippen molar-refractivity contribution in [3.63, 3.8) is 0 Å². The van der Waals surface area contributed by atoms with Crippen LogP contribution in [0.4, 0.5) is 0 Å². The van der Waals surface area contributed by atoms with Crippen molar-refractivity contribution in [3.05, 3.63) is 63.6 Å². The zero-order valence-electron chi connectivity index (χ0n) is 13.7. The van der Waals surface area contributed by atoms with Gasteiger partial charge in [-0.15, -0.1) is 0 Å². The smallest absolute Gasteiger partial charge is 0.337 e. The zero-order chi connectivity index (χ0) is 18.4. The Morgan fingerprint density at radius 2 is 1.92 bits per heavy atom. The van der Waals surface area contributed by atoms with Crippen molar-refractivity contribution < 1.29 is 19.1 Å². The summed E-state index contributed by atoms with van der Waals surface area (Å²) in [6.45, 7) is 1.62. The van der Waals surface area contributed by atoms with E-state index in [9.17, 15) is 9.59 Å². The van der Waals surface area contributed by atoms with Gasteiger partial charge in [0.1, 0.15) is 5.75 Å². The molecule has 2 rings (SSSR count). The number of hydrogen-bond donors (Lipinski definition) is 1. The van der Waals surface area contributed by atoms with Gasteiger partial charge in [0, 0.05) is 10.0 Å². The van der Waals surface area contributed by atoms with E-state index in [1.807, 2.05) is 6.92 Å². The predicted molar refractivity (Wildman–Crippen MR) is 96.3 cm³/mol. The molecule has 0 bridgehead atoms. The van der Waals surface area contributed by atoms with Crippen LogP contribution in [-0.2, 0) is 9.53 Å². The molecule has 1 amide bonds. The van der Waals surface area contributed by atoms with Crippen LogP contribution in [0.1, 0.15) is 28.9 Å². The Bertz CT molecular complexity index is 779. The number of nitrogens with one attached hydrogen (secondary N) is 1. The minimum absolute atomic E-state index is 0.194. The molecule has 0 saturated carbocycles. The molecule has 5 nitrogen and oxygen atoms in total. The molecule has 0 aliphatic heterocycles. The number of esters is 1. The Morgan fingerprint density at radius 3 is 2.60 bits per heavy atom. The van der Waals surface area contributed by atoms with Gasteiger partial charge in [0.15, 0.2) is 6.61 Å². The number of rotatable bonds is 6. The molecule has 1 atom stereocenters. The Labute approximate surface area is 155 Å². The second-order valence-corrected chi connectivity index (χ2v) is 6.11. The molecule has 0 aromatic heterocycles. The van der Waals surface area contributed by atoms with Crippen LogP contribution >= 0.6 is 23.2 Å². The standard InChI is InChI=1S/C18H17Cl2NO4/c1-11(15-7-6-13(19)9-16(15)20)21-17(22)10-25-14-5-3-4-12(8-14)18(23)24-2/h3-9,11H,10H2,1-2H3,(H,21,22)/t11-/m1/s1. The van der Waals surface area contributed by atoms with Gasteiger partial charge in [0.2, 0.25) is 0 Å². The first-order valence-electron chi connectivity index (χ1n) is 7.46. The van der Waals surface area contributed by atoms with Crippen molar-refractivity contribution >= 4 is 35.1 Å². The molecule has 7 heteroatoms. The summed E-state index contributed by atoms with van der Waals surface area (Å²) < 4.78 is 10.1. The van der Waals surface area contributed by atoms with Crippen molar-refractivity contribution in [2.45, 2.75) is 13.0 Å². The molecule has 132 valence electrons. The van der Waals surface area contributed by atoms with E-state index in [2.05, 4.69) is 10.1 Å². The fourth-order valence-corrected chi connectivity index (χ4v) is 2.77. The van der Waals surface area contributed by atoms with Crippen molar-refractivity contribution in [1.82, 2.24) is 5.32 Å². The number of halogens is 2. The van der Waals surface area contributed by atoms with Gasteiger partial charge in [0.25, 0.3) is 5.91 Å². The highest BCUT2D eigenvalue weighted by Gasteiger charge is 2.14. The van der Waals surface area contributed by atoms with Gasteiger partial charge in [-0.25, -0.2) is 4.79 Å². The first-order chi connectivity index (χ1) is 11.9. The van der Waals surface area contributed by atoms with Gasteiger partial charge in [-0.1, -0.05) is 35.3 Å². The maximum atomic E-state index is 12.1. The van der Waals surface area contributed by atoms with E-state index in [1.165, 1.54) is 13.2 Å². The molecule has 1 N–H and O–H groups in total. The summed E-state index contributed by atoms with van der Waals surface area (Å²) in [5, 5.41) is 3.80. The first-order valence-corrected chi connectivity index (χ1v) is 8.21. The van der Waals surface area contributed by atoms with E-state index in [4.69, 9.17) is 27.9 Å². The van der Waals surface area contributed by atoms with Crippen LogP contribution in [-0.4, -0.2) is 25.6 Å². The van der Waals surface area contributed by atoms with Crippen LogP contribution in [0.5, 0.6) is 5.75 Å². The number of benzene rings is 2. The van der Waals surface area contributed by atoms with Crippen LogP contribution in [0.2, 0.25) is 10.0 Å². The summed E-state index contributed by atoms with van der Waals surface area (Å²) in [5.41, 5.74) is 1.11. The third kappa shape index (κ3) is 5.37. The van der Waals surface area contributed by atoms with E-state index in [1.54, 1.807) is 36.4 Å². The summed E-state index contributed by atoms with van der Waals surface area (Å²) in [7, 11) is 1.30. The zero-order valence-corrected chi connectivity index (χ0v) is 15.2. The quantitative estimate of drug-likeness (QED) is 0.766. The lowest BCUT2D eigenvalue weighted by Gasteiger charge is -2.16. The first kappa shape index (κ1) is 19.1. The number of carbonyl (C=O) groups is 2. The van der Waals surface area contributed by atoms with Gasteiger partial charge in [-0.05, 0) is 42.8 Å². The number of amides is 1. The minimum atomic E-state index is -0.471. The molecule has 25 heavy (non-hydrogen) atoms. The van der Waals surface area contributed by atoms with Crippen LogP contribution in [0.15, 0.2) is 42.5 Å². The summed E-state index contributed by atoms with van der Waals surface area (Å²) in [6.07, 6.45) is 0. The molecule has 2 aromatic rings. The Morgan fingerprint density at radius 1 is 1.16 bits per heavy atom. The maximum absolute atomic E-state index is 12.1. The Hall–Kier alpha value is -2.24. The molecular formula is C18H17Cl2NO4. The van der Waals surface area contributed by atoms with Crippen molar-refractivity contribution in [3.8, 4) is 5.75 Å². The Kier molecular flexibility index (Phi) is 6.67. The summed E-state index contributed by atoms with van der Waals surface area (Å²) in [6, 6.07) is 11.2. The molecule has 0 heterocycles. The van der Waals surface area contributed by atoms with E-state index < -0.39 is 5.97 Å². The highest BCUT2D eigenvalue weighted by Crippen LogP contribution is 2.26. The van der Waals surface area contributed by atoms with Gasteiger partial charge in [-0.2, -0.15) is 0 Å². The molecule has 0 aliphatic carbocycles. The average molecular weight is 382 g/mol. The molecule has 0 radical (unpaired) electrons. The highest BCUT2D eigenvalue weighted by molar-refractivity contribution is 6.35. The van der Waals surface area contributed by atoms with E-state index >= 15 is 0 Å². The fourth-order valence-electron chi connectivity index (χ4n) is 2.19. The van der Waals surface area contributed by atoms with Gasteiger partial charge < -0.3 is 14.8 Å². The number of carbonyl (C=O) groups excluding carboxylic acids is 2. The lowest BCUT2D eigenvalue weighted by atomic mass is 10.1. The minimum Gasteiger partial charge on any atom is -0.484 e. The second kappa shape index (κ2) is 8.74. The third-order valence-corrected chi connectivity index (χ3v) is 3.99. The number of methoxy groups -OCH3 is 1. The molecule has 0 aliphatic rings. The largest absolute Gasteiger partial charge is 0.484 e. The monoisotopic (exact) mass is 381 g/mol. The van der Waals surface area contributed by atoms with Crippen LogP contribution in [0.25, 0.3) is 0 Å². The van der Waals surface area contributed by atoms with Crippen LogP contribution in [0, 0.1) is 0 Å². The SMILES string of the molecule is COC(=O)c1cccc(OCC(=O)N[C@H](C)c2ccc(Cl)cc2Cl)c1. The normalized spacial score (nSPS) is 11.5. The highest BCUT2D eigenvalue weighted by atomic mass is 35.5. The van der Waals surface area contributed by atoms with Gasteiger partial charge in [0.05, 0.1) is 18.7 Å². The molecule has 0 fully saturated rings. The van der Waals surface area contributed by atoms with E-state index in [-0.39, 0.29) is 18.6 Å². The maximum Gasteiger partial charge on any atom is 0.337 e. The summed E-state index contributed by atoms with van der Waals surface area (Å²) >= 11 is 12.0. The average Bonchev–Trinajstić information content (AvgIpc) is 2.59. The second-order valence-electron chi connectivity index (χ2n) is 5.26. The van der Waals surface area contributed by atoms with E-state index in [0.717, 1.165) is 5.56 Å². The fraction of sp³-hybridized carbons (Fsp3) is 0.222. The van der Waals surface area contributed by atoms with Crippen molar-refractivity contribution in [2.24, 2.45) is 0 Å². The third-order valence-electron chi connectivity index (χ3n) is 3.43. The Balaban J connectivity index is 1.93. The number of ether oxygens (including phenoxy) is 2. The van der Waals surface area contributed by atoms with E-state index in [0.29, 0.717) is 21.4 Å². The molecule has 2 aromatic carbocycles. The van der Waals surface area contributed by atoms with Gasteiger partial charge >= 0.3 is 5.97 Å². The molecule has 0 saturated heterocycles. The summed E-state index contributed by atoms with van der Waals surface area (Å²) in [4.78, 5) is 23.5. The lowest BCUT2D eigenvalue weighted by molar-refractivity contribution is -0.123. The van der Waals surface area contributed by atoms with Crippen LogP contribution in [0.3, 0.4) is 0 Å². The van der Waals surface area contributed by atoms with Crippen molar-refractivity contribution in [2.75, 3.05) is 13.7 Å². The topological polar surface area (TPSA) is 64.6 Å².